The summed E-state index contributed by atoms with van der Waals surface area (Å²) >= 11 is 0. The van der Waals surface area contributed by atoms with Gasteiger partial charge in [-0.3, -0.25) is 5.41 Å². The monoisotopic (exact) mass is 251 g/mol. The van der Waals surface area contributed by atoms with E-state index in [1.165, 1.54) is 12.1 Å². The van der Waals surface area contributed by atoms with Crippen molar-refractivity contribution in [2.75, 3.05) is 6.61 Å². The first kappa shape index (κ1) is 13.0. The zero-order valence-corrected chi connectivity index (χ0v) is 10.7. The number of benzene rings is 1. The first-order valence-corrected chi connectivity index (χ1v) is 6.20. The van der Waals surface area contributed by atoms with Crippen molar-refractivity contribution in [3.63, 3.8) is 0 Å². The van der Waals surface area contributed by atoms with Crippen LogP contribution in [0.15, 0.2) is 18.2 Å². The molecule has 0 bridgehead atoms. The molecule has 0 amide bonds. The van der Waals surface area contributed by atoms with Crippen LogP contribution in [0.5, 0.6) is 0 Å². The topological polar surface area (TPSA) is 53.3 Å². The molecule has 0 saturated carbocycles. The first-order chi connectivity index (χ1) is 8.47. The largest absolute Gasteiger partial charge is 0.479 e. The Morgan fingerprint density at radius 1 is 1.61 bits per heavy atom. The molecule has 0 aliphatic heterocycles. The molecule has 1 aliphatic carbocycles. The lowest BCUT2D eigenvalue weighted by Crippen LogP contribution is -2.42. The van der Waals surface area contributed by atoms with E-state index in [4.69, 9.17) is 10.1 Å². The number of fused-ring (bicyclic) bond motifs is 1. The Labute approximate surface area is 106 Å². The Morgan fingerprint density at radius 2 is 2.33 bits per heavy atom. The Balaban J connectivity index is 2.49. The smallest absolute Gasteiger partial charge is 0.218 e. The number of hydrogen-bond acceptors (Lipinski definition) is 3. The zero-order chi connectivity index (χ0) is 13.3. The van der Waals surface area contributed by atoms with E-state index in [-0.39, 0.29) is 11.8 Å². The van der Waals surface area contributed by atoms with Crippen LogP contribution in [0.4, 0.5) is 4.39 Å². The molecule has 0 spiro atoms. The van der Waals surface area contributed by atoms with E-state index in [0.29, 0.717) is 18.6 Å². The molecule has 18 heavy (non-hydrogen) atoms. The standard InChI is InChI=1S/C14H18FNO2/c1-3-18-13(16)14(17)8-9(2)6-10-4-5-11(15)7-12(10)14/h4-5,7,9,16-17H,3,6,8H2,1-2H3. The number of nitrogens with one attached hydrogen (secondary N) is 1. The van der Waals surface area contributed by atoms with Gasteiger partial charge in [0.1, 0.15) is 5.82 Å². The highest BCUT2D eigenvalue weighted by molar-refractivity contribution is 5.84. The first-order valence-electron chi connectivity index (χ1n) is 6.20. The fraction of sp³-hybridized carbons (Fsp3) is 0.500. The molecule has 0 aromatic heterocycles. The number of hydrogen-bond donors (Lipinski definition) is 2. The van der Waals surface area contributed by atoms with Gasteiger partial charge >= 0.3 is 0 Å². The number of aliphatic hydroxyl groups is 1. The minimum absolute atomic E-state index is 0.191. The molecular formula is C14H18FNO2. The zero-order valence-electron chi connectivity index (χ0n) is 10.7. The molecule has 1 aromatic rings. The fourth-order valence-electron chi connectivity index (χ4n) is 2.65. The van der Waals surface area contributed by atoms with Gasteiger partial charge in [0.15, 0.2) is 5.60 Å². The van der Waals surface area contributed by atoms with Crippen LogP contribution < -0.4 is 0 Å². The molecule has 0 radical (unpaired) electrons. The van der Waals surface area contributed by atoms with Crippen molar-refractivity contribution < 1.29 is 14.2 Å². The van der Waals surface area contributed by atoms with Crippen LogP contribution in [0.1, 0.15) is 31.4 Å². The van der Waals surface area contributed by atoms with Gasteiger partial charge in [-0.2, -0.15) is 0 Å². The second-order valence-corrected chi connectivity index (χ2v) is 4.94. The van der Waals surface area contributed by atoms with Crippen molar-refractivity contribution in [3.05, 3.63) is 35.1 Å². The van der Waals surface area contributed by atoms with E-state index in [0.717, 1.165) is 12.0 Å². The lowest BCUT2D eigenvalue weighted by molar-refractivity contribution is 0.0446. The molecule has 98 valence electrons. The highest BCUT2D eigenvalue weighted by atomic mass is 19.1. The minimum Gasteiger partial charge on any atom is -0.479 e. The summed E-state index contributed by atoms with van der Waals surface area (Å²) < 4.78 is 18.5. The molecule has 0 saturated heterocycles. The summed E-state index contributed by atoms with van der Waals surface area (Å²) in [5.41, 5.74) is -0.133. The van der Waals surface area contributed by atoms with Gasteiger partial charge in [-0.15, -0.1) is 0 Å². The summed E-state index contributed by atoms with van der Waals surface area (Å²) in [5, 5.41) is 18.6. The lowest BCUT2D eigenvalue weighted by Gasteiger charge is -2.37. The van der Waals surface area contributed by atoms with Crippen LogP contribution in [0.25, 0.3) is 0 Å². The summed E-state index contributed by atoms with van der Waals surface area (Å²) in [4.78, 5) is 0. The normalized spacial score (nSPS) is 26.6. The molecule has 2 atom stereocenters. The van der Waals surface area contributed by atoms with E-state index in [2.05, 4.69) is 0 Å². The van der Waals surface area contributed by atoms with Crippen LogP contribution in [0, 0.1) is 17.1 Å². The van der Waals surface area contributed by atoms with E-state index in [1.807, 2.05) is 6.92 Å². The molecule has 1 aromatic carbocycles. The highest BCUT2D eigenvalue weighted by Crippen LogP contribution is 2.39. The van der Waals surface area contributed by atoms with Gasteiger partial charge in [-0.05, 0) is 48.9 Å². The molecule has 3 nitrogen and oxygen atoms in total. The highest BCUT2D eigenvalue weighted by Gasteiger charge is 2.42. The van der Waals surface area contributed by atoms with Gasteiger partial charge < -0.3 is 9.84 Å². The Bertz CT molecular complexity index is 475. The van der Waals surface area contributed by atoms with Crippen molar-refractivity contribution >= 4 is 5.90 Å². The molecule has 1 aliphatic rings. The Kier molecular flexibility index (Phi) is 3.39. The maximum absolute atomic E-state index is 13.4. The summed E-state index contributed by atoms with van der Waals surface area (Å²) in [7, 11) is 0. The summed E-state index contributed by atoms with van der Waals surface area (Å²) in [6.45, 7) is 4.09. The SMILES string of the molecule is CCOC(=N)C1(O)CC(C)Cc2ccc(F)cc21. The third-order valence-corrected chi connectivity index (χ3v) is 3.39. The molecule has 0 heterocycles. The van der Waals surface area contributed by atoms with Crippen molar-refractivity contribution in [2.24, 2.45) is 5.92 Å². The fourth-order valence-corrected chi connectivity index (χ4v) is 2.65. The number of rotatable bonds is 2. The maximum Gasteiger partial charge on any atom is 0.218 e. The van der Waals surface area contributed by atoms with Crippen molar-refractivity contribution in [1.82, 2.24) is 0 Å². The van der Waals surface area contributed by atoms with Crippen LogP contribution in [0.3, 0.4) is 0 Å². The lowest BCUT2D eigenvalue weighted by atomic mass is 9.74. The van der Waals surface area contributed by atoms with Crippen LogP contribution >= 0.6 is 0 Å². The summed E-state index contributed by atoms with van der Waals surface area (Å²) in [6, 6.07) is 4.39. The van der Waals surface area contributed by atoms with E-state index in [9.17, 15) is 9.50 Å². The van der Waals surface area contributed by atoms with Crippen molar-refractivity contribution in [2.45, 2.75) is 32.3 Å². The second-order valence-electron chi connectivity index (χ2n) is 4.94. The predicted octanol–water partition coefficient (Wildman–Crippen LogP) is 2.61. The van der Waals surface area contributed by atoms with E-state index in [1.54, 1.807) is 13.0 Å². The number of ether oxygens (including phenoxy) is 1. The van der Waals surface area contributed by atoms with Gasteiger partial charge in [0, 0.05) is 0 Å². The third kappa shape index (κ3) is 2.12. The van der Waals surface area contributed by atoms with Crippen molar-refractivity contribution in [1.29, 1.82) is 5.41 Å². The maximum atomic E-state index is 13.4. The molecule has 2 N–H and O–H groups in total. The summed E-state index contributed by atoms with van der Waals surface area (Å²) in [6.07, 6.45) is 1.18. The van der Waals surface area contributed by atoms with Crippen LogP contribution in [-0.4, -0.2) is 17.6 Å². The van der Waals surface area contributed by atoms with Gasteiger partial charge in [-0.1, -0.05) is 13.0 Å². The van der Waals surface area contributed by atoms with E-state index < -0.39 is 11.4 Å². The molecular weight excluding hydrogens is 233 g/mol. The number of halogens is 1. The second kappa shape index (κ2) is 4.69. The van der Waals surface area contributed by atoms with Crippen LogP contribution in [-0.2, 0) is 16.8 Å². The van der Waals surface area contributed by atoms with E-state index >= 15 is 0 Å². The molecule has 2 unspecified atom stereocenters. The Morgan fingerprint density at radius 3 is 3.00 bits per heavy atom. The Hall–Kier alpha value is -1.42. The predicted molar refractivity (Wildman–Crippen MR) is 67.1 cm³/mol. The average Bonchev–Trinajstić information content (AvgIpc) is 2.30. The van der Waals surface area contributed by atoms with Gasteiger partial charge in [0.25, 0.3) is 0 Å². The van der Waals surface area contributed by atoms with Crippen molar-refractivity contribution in [3.8, 4) is 0 Å². The molecule has 2 rings (SSSR count). The van der Waals surface area contributed by atoms with Gasteiger partial charge in [-0.25, -0.2) is 4.39 Å². The minimum atomic E-state index is -1.49. The van der Waals surface area contributed by atoms with Crippen LogP contribution in [0.2, 0.25) is 0 Å². The van der Waals surface area contributed by atoms with Gasteiger partial charge in [0.2, 0.25) is 5.90 Å². The average molecular weight is 251 g/mol. The molecule has 4 heteroatoms. The quantitative estimate of drug-likeness (QED) is 0.627. The molecule has 0 fully saturated rings. The summed E-state index contributed by atoms with van der Waals surface area (Å²) in [5.74, 6) is -0.358. The van der Waals surface area contributed by atoms with Gasteiger partial charge in [0.05, 0.1) is 6.61 Å². The third-order valence-electron chi connectivity index (χ3n) is 3.39.